The molecule has 166 valence electrons. The number of aliphatic hydroxyl groups is 1. The number of unbranched alkanes of at least 4 members (excludes halogenated alkanes) is 3. The van der Waals surface area contributed by atoms with Crippen LogP contribution < -0.4 is 4.90 Å². The van der Waals surface area contributed by atoms with Gasteiger partial charge in [-0.2, -0.15) is 5.21 Å². The maximum Gasteiger partial charge on any atom is 0.230 e. The van der Waals surface area contributed by atoms with Gasteiger partial charge in [-0.1, -0.05) is 38.3 Å². The van der Waals surface area contributed by atoms with Crippen molar-refractivity contribution in [3.63, 3.8) is 0 Å². The Morgan fingerprint density at radius 1 is 1.33 bits per heavy atom. The molecule has 1 amide bonds. The van der Waals surface area contributed by atoms with Gasteiger partial charge in [0.1, 0.15) is 0 Å². The van der Waals surface area contributed by atoms with Crippen LogP contribution in [0.15, 0.2) is 12.1 Å². The highest BCUT2D eigenvalue weighted by molar-refractivity contribution is 7.16. The number of hydrogen-bond donors (Lipinski definition) is 2. The van der Waals surface area contributed by atoms with Crippen molar-refractivity contribution in [2.24, 2.45) is 5.92 Å². The number of amides is 1. The van der Waals surface area contributed by atoms with Crippen LogP contribution in [0.3, 0.4) is 0 Å². The molecule has 1 aliphatic heterocycles. The van der Waals surface area contributed by atoms with E-state index in [1.807, 2.05) is 24.0 Å². The third-order valence-electron chi connectivity index (χ3n) is 5.55. The number of aromatic amines is 1. The Kier molecular flexibility index (Phi) is 8.77. The third kappa shape index (κ3) is 6.09. The van der Waals surface area contributed by atoms with Gasteiger partial charge < -0.3 is 9.84 Å². The number of carbonyl (C=O) groups is 1. The number of nitrogens with one attached hydrogen (secondary N) is 1. The molecule has 0 aromatic carbocycles. The van der Waals surface area contributed by atoms with E-state index in [4.69, 9.17) is 4.74 Å². The number of carbonyl (C=O) groups excluding carboxylic acids is 1. The Morgan fingerprint density at radius 2 is 2.20 bits per heavy atom. The first kappa shape index (κ1) is 22.8. The summed E-state index contributed by atoms with van der Waals surface area (Å²) in [6, 6.07) is 3.98. The van der Waals surface area contributed by atoms with E-state index in [1.54, 1.807) is 0 Å². The van der Waals surface area contributed by atoms with Crippen molar-refractivity contribution in [1.29, 1.82) is 0 Å². The highest BCUT2D eigenvalue weighted by atomic mass is 32.1. The predicted octanol–water partition coefficient (Wildman–Crippen LogP) is 3.66. The van der Waals surface area contributed by atoms with Crippen molar-refractivity contribution < 1.29 is 14.6 Å². The fourth-order valence-electron chi connectivity index (χ4n) is 3.84. The van der Waals surface area contributed by atoms with Gasteiger partial charge in [-0.3, -0.25) is 9.69 Å². The van der Waals surface area contributed by atoms with Crippen molar-refractivity contribution in [3.8, 4) is 0 Å². The van der Waals surface area contributed by atoms with Crippen molar-refractivity contribution in [2.45, 2.75) is 77.4 Å². The third-order valence-corrected chi connectivity index (χ3v) is 6.73. The Balaban J connectivity index is 1.48. The summed E-state index contributed by atoms with van der Waals surface area (Å²) in [5, 5.41) is 25.3. The summed E-state index contributed by atoms with van der Waals surface area (Å²) in [4.78, 5) is 15.6. The first-order valence-corrected chi connectivity index (χ1v) is 11.8. The Labute approximate surface area is 182 Å². The minimum absolute atomic E-state index is 0.00290. The van der Waals surface area contributed by atoms with Crippen LogP contribution in [-0.4, -0.2) is 50.9 Å². The minimum Gasteiger partial charge on any atom is -0.388 e. The maximum absolute atomic E-state index is 12.8. The molecule has 3 rings (SSSR count). The maximum atomic E-state index is 12.8. The zero-order chi connectivity index (χ0) is 21.3. The van der Waals surface area contributed by atoms with Gasteiger partial charge in [-0.15, -0.1) is 21.5 Å². The lowest BCUT2D eigenvalue weighted by Crippen LogP contribution is -2.36. The van der Waals surface area contributed by atoms with E-state index in [0.29, 0.717) is 13.2 Å². The molecule has 0 saturated carbocycles. The number of aryl methyl sites for hydroxylation is 1. The van der Waals surface area contributed by atoms with E-state index in [1.165, 1.54) is 11.3 Å². The highest BCUT2D eigenvalue weighted by Gasteiger charge is 2.38. The molecule has 9 heteroatoms. The van der Waals surface area contributed by atoms with Crippen LogP contribution in [0.4, 0.5) is 5.00 Å². The van der Waals surface area contributed by atoms with Crippen LogP contribution in [0.25, 0.3) is 0 Å². The van der Waals surface area contributed by atoms with Crippen LogP contribution >= 0.6 is 11.3 Å². The fraction of sp³-hybridized carbons (Fsp3) is 0.714. The highest BCUT2D eigenvalue weighted by Crippen LogP contribution is 2.38. The molecule has 3 atom stereocenters. The Bertz CT molecular complexity index is 767. The summed E-state index contributed by atoms with van der Waals surface area (Å²) in [6.45, 7) is 5.32. The van der Waals surface area contributed by atoms with Crippen molar-refractivity contribution in [3.05, 3.63) is 22.8 Å². The summed E-state index contributed by atoms with van der Waals surface area (Å²) in [5.74, 6) is 0.869. The molecule has 1 aliphatic rings. The predicted molar refractivity (Wildman–Crippen MR) is 116 cm³/mol. The number of aromatic nitrogens is 4. The van der Waals surface area contributed by atoms with E-state index in [2.05, 4.69) is 27.5 Å². The minimum atomic E-state index is -0.445. The topological polar surface area (TPSA) is 104 Å². The van der Waals surface area contributed by atoms with Crippen LogP contribution in [0.5, 0.6) is 0 Å². The molecule has 3 unspecified atom stereocenters. The van der Waals surface area contributed by atoms with Gasteiger partial charge in [0.05, 0.1) is 23.8 Å². The monoisotopic (exact) mass is 435 g/mol. The molecule has 2 N–H and O–H groups in total. The summed E-state index contributed by atoms with van der Waals surface area (Å²) >= 11 is 1.53. The lowest BCUT2D eigenvalue weighted by Gasteiger charge is -2.23. The second-order valence-electron chi connectivity index (χ2n) is 8.05. The summed E-state index contributed by atoms with van der Waals surface area (Å²) in [7, 11) is 0. The Morgan fingerprint density at radius 3 is 2.97 bits per heavy atom. The van der Waals surface area contributed by atoms with Gasteiger partial charge in [0.2, 0.25) is 5.91 Å². The molecular formula is C21H33N5O3S. The average molecular weight is 436 g/mol. The molecule has 0 spiro atoms. The molecule has 30 heavy (non-hydrogen) atoms. The van der Waals surface area contributed by atoms with Gasteiger partial charge in [0.25, 0.3) is 0 Å². The molecule has 0 bridgehead atoms. The summed E-state index contributed by atoms with van der Waals surface area (Å²) in [5.41, 5.74) is 0. The normalized spacial score (nSPS) is 20.2. The van der Waals surface area contributed by atoms with E-state index in [9.17, 15) is 9.90 Å². The second kappa shape index (κ2) is 11.5. The number of rotatable bonds is 13. The van der Waals surface area contributed by atoms with Crippen molar-refractivity contribution in [1.82, 2.24) is 20.6 Å². The van der Waals surface area contributed by atoms with Crippen LogP contribution in [-0.2, 0) is 16.0 Å². The van der Waals surface area contributed by atoms with Crippen molar-refractivity contribution >= 4 is 22.2 Å². The average Bonchev–Trinajstić information content (AvgIpc) is 3.47. The molecule has 2 aromatic heterocycles. The lowest BCUT2D eigenvalue weighted by atomic mass is 10.1. The largest absolute Gasteiger partial charge is 0.388 e. The first-order valence-electron chi connectivity index (χ1n) is 11.0. The van der Waals surface area contributed by atoms with Gasteiger partial charge in [0, 0.05) is 23.8 Å². The molecule has 8 nitrogen and oxygen atoms in total. The number of thiophene rings is 1. The fourth-order valence-corrected chi connectivity index (χ4v) is 4.94. The number of tetrazole rings is 1. The molecule has 3 heterocycles. The summed E-state index contributed by atoms with van der Waals surface area (Å²) in [6.07, 6.45) is 7.05. The first-order chi connectivity index (χ1) is 14.6. The standard InChI is InChI=1S/C21H33N5O3S/c1-3-4-5-8-17(27)18-10-11-20(30-18)26-16(13-15(2)21(26)28)14-29-12-7-6-9-19-22-24-25-23-19/h10-11,15-17,27H,3-9,12-14H2,1-2H3,(H,22,23,24,25). The van der Waals surface area contributed by atoms with Gasteiger partial charge in [0.15, 0.2) is 5.82 Å². The molecule has 2 aromatic rings. The Hall–Kier alpha value is -1.84. The van der Waals surface area contributed by atoms with E-state index in [0.717, 1.165) is 67.1 Å². The second-order valence-corrected chi connectivity index (χ2v) is 9.14. The zero-order valence-electron chi connectivity index (χ0n) is 17.9. The molecule has 1 saturated heterocycles. The summed E-state index contributed by atoms with van der Waals surface area (Å²) < 4.78 is 5.90. The van der Waals surface area contributed by atoms with E-state index >= 15 is 0 Å². The van der Waals surface area contributed by atoms with Crippen LogP contribution in [0.1, 0.15) is 75.6 Å². The number of aliphatic hydroxyl groups excluding tert-OH is 1. The van der Waals surface area contributed by atoms with Crippen molar-refractivity contribution in [2.75, 3.05) is 18.1 Å². The van der Waals surface area contributed by atoms with E-state index < -0.39 is 6.10 Å². The number of anilines is 1. The number of ether oxygens (including phenoxy) is 1. The molecule has 0 radical (unpaired) electrons. The molecule has 0 aliphatic carbocycles. The SMILES string of the molecule is CCCCCC(O)c1ccc(N2C(=O)C(C)CC2COCCCCc2nn[nH]n2)s1. The van der Waals surface area contributed by atoms with Gasteiger partial charge >= 0.3 is 0 Å². The van der Waals surface area contributed by atoms with E-state index in [-0.39, 0.29) is 17.9 Å². The van der Waals surface area contributed by atoms with Crippen LogP contribution in [0.2, 0.25) is 0 Å². The quantitative estimate of drug-likeness (QED) is 0.465. The number of H-pyrrole nitrogens is 1. The molecule has 1 fully saturated rings. The smallest absolute Gasteiger partial charge is 0.230 e. The number of hydrogen-bond acceptors (Lipinski definition) is 7. The van der Waals surface area contributed by atoms with Gasteiger partial charge in [-0.25, -0.2) is 0 Å². The lowest BCUT2D eigenvalue weighted by molar-refractivity contribution is -0.120. The van der Waals surface area contributed by atoms with Gasteiger partial charge in [-0.05, 0) is 37.8 Å². The van der Waals surface area contributed by atoms with Crippen LogP contribution in [0, 0.1) is 5.92 Å². The zero-order valence-corrected chi connectivity index (χ0v) is 18.7. The molecular weight excluding hydrogens is 402 g/mol. The number of nitrogens with zero attached hydrogens (tertiary/aromatic N) is 4.